The van der Waals surface area contributed by atoms with Crippen LogP contribution in [0.2, 0.25) is 5.15 Å². The molecule has 0 saturated heterocycles. The minimum absolute atomic E-state index is 0.249. The average Bonchev–Trinajstić information content (AvgIpc) is 2.47. The van der Waals surface area contributed by atoms with Gasteiger partial charge in [0, 0.05) is 23.2 Å². The number of hydrogen-bond acceptors (Lipinski definition) is 2. The van der Waals surface area contributed by atoms with Gasteiger partial charge in [-0.05, 0) is 36.4 Å². The van der Waals surface area contributed by atoms with Crippen molar-refractivity contribution < 1.29 is 4.39 Å². The van der Waals surface area contributed by atoms with Gasteiger partial charge in [0.15, 0.2) is 0 Å². The van der Waals surface area contributed by atoms with Crippen molar-refractivity contribution in [2.24, 2.45) is 0 Å². The standard InChI is InChI=1S/C16H12ClFN2/c17-16-12(9-11-3-1-2-4-15(11)20-16)10-19-14-7-5-13(18)6-8-14/h1-9,19H,10H2. The summed E-state index contributed by atoms with van der Waals surface area (Å²) in [6.45, 7) is 0.544. The van der Waals surface area contributed by atoms with Crippen LogP contribution in [-0.2, 0) is 6.54 Å². The molecule has 0 aliphatic carbocycles. The summed E-state index contributed by atoms with van der Waals surface area (Å²) >= 11 is 6.18. The Bertz CT molecular complexity index is 741. The molecule has 1 N–H and O–H groups in total. The average molecular weight is 287 g/mol. The van der Waals surface area contributed by atoms with E-state index in [1.807, 2.05) is 30.3 Å². The number of hydrogen-bond donors (Lipinski definition) is 1. The first-order chi connectivity index (χ1) is 9.72. The summed E-state index contributed by atoms with van der Waals surface area (Å²) in [5, 5.41) is 4.74. The predicted octanol–water partition coefficient (Wildman–Crippen LogP) is 4.64. The fourth-order valence-electron chi connectivity index (χ4n) is 2.03. The zero-order valence-corrected chi connectivity index (χ0v) is 11.4. The van der Waals surface area contributed by atoms with E-state index < -0.39 is 0 Å². The van der Waals surface area contributed by atoms with Gasteiger partial charge in [-0.15, -0.1) is 0 Å². The van der Waals surface area contributed by atoms with Crippen molar-refractivity contribution in [3.63, 3.8) is 0 Å². The van der Waals surface area contributed by atoms with Crippen LogP contribution in [0.4, 0.5) is 10.1 Å². The second-order valence-electron chi connectivity index (χ2n) is 4.49. The molecule has 0 aliphatic rings. The molecular formula is C16H12ClFN2. The van der Waals surface area contributed by atoms with Crippen molar-refractivity contribution in [1.82, 2.24) is 4.98 Å². The van der Waals surface area contributed by atoms with Crippen LogP contribution in [-0.4, -0.2) is 4.98 Å². The van der Waals surface area contributed by atoms with E-state index in [0.29, 0.717) is 11.7 Å². The molecule has 2 nitrogen and oxygen atoms in total. The SMILES string of the molecule is Fc1ccc(NCc2cc3ccccc3nc2Cl)cc1. The van der Waals surface area contributed by atoms with Gasteiger partial charge in [-0.3, -0.25) is 0 Å². The van der Waals surface area contributed by atoms with Gasteiger partial charge in [0.2, 0.25) is 0 Å². The highest BCUT2D eigenvalue weighted by Crippen LogP contribution is 2.21. The molecule has 0 aliphatic heterocycles. The molecule has 3 rings (SSSR count). The highest BCUT2D eigenvalue weighted by Gasteiger charge is 2.04. The molecule has 0 unspecified atom stereocenters. The van der Waals surface area contributed by atoms with Gasteiger partial charge in [-0.2, -0.15) is 0 Å². The zero-order valence-electron chi connectivity index (χ0n) is 10.6. The molecule has 0 atom stereocenters. The summed E-state index contributed by atoms with van der Waals surface area (Å²) in [7, 11) is 0. The Morgan fingerprint density at radius 2 is 1.80 bits per heavy atom. The number of benzene rings is 2. The Balaban J connectivity index is 1.83. The first kappa shape index (κ1) is 12.9. The first-order valence-corrected chi connectivity index (χ1v) is 6.64. The van der Waals surface area contributed by atoms with E-state index in [0.717, 1.165) is 22.2 Å². The van der Waals surface area contributed by atoms with Crippen molar-refractivity contribution in [3.8, 4) is 0 Å². The van der Waals surface area contributed by atoms with Crippen molar-refractivity contribution in [2.75, 3.05) is 5.32 Å². The van der Waals surface area contributed by atoms with E-state index in [4.69, 9.17) is 11.6 Å². The molecular weight excluding hydrogens is 275 g/mol. The minimum atomic E-state index is -0.249. The van der Waals surface area contributed by atoms with E-state index in [2.05, 4.69) is 10.3 Å². The molecule has 0 spiro atoms. The van der Waals surface area contributed by atoms with Crippen molar-refractivity contribution >= 4 is 28.2 Å². The molecule has 1 aromatic heterocycles. The van der Waals surface area contributed by atoms with Crippen LogP contribution < -0.4 is 5.32 Å². The second-order valence-corrected chi connectivity index (χ2v) is 4.85. The molecule has 0 fully saturated rings. The van der Waals surface area contributed by atoms with Gasteiger partial charge in [0.1, 0.15) is 11.0 Å². The van der Waals surface area contributed by atoms with E-state index in [1.165, 1.54) is 12.1 Å². The van der Waals surface area contributed by atoms with Crippen LogP contribution in [0.5, 0.6) is 0 Å². The fourth-order valence-corrected chi connectivity index (χ4v) is 2.24. The smallest absolute Gasteiger partial charge is 0.134 e. The van der Waals surface area contributed by atoms with Crippen molar-refractivity contribution in [2.45, 2.75) is 6.54 Å². The number of para-hydroxylation sites is 1. The third-order valence-corrected chi connectivity index (χ3v) is 3.40. The van der Waals surface area contributed by atoms with E-state index in [-0.39, 0.29) is 5.82 Å². The van der Waals surface area contributed by atoms with Crippen molar-refractivity contribution in [3.05, 3.63) is 71.1 Å². The maximum atomic E-state index is 12.8. The third kappa shape index (κ3) is 2.73. The third-order valence-electron chi connectivity index (χ3n) is 3.08. The Kier molecular flexibility index (Phi) is 3.52. The molecule has 100 valence electrons. The van der Waals surface area contributed by atoms with Gasteiger partial charge in [0.05, 0.1) is 5.52 Å². The number of pyridine rings is 1. The van der Waals surface area contributed by atoms with E-state index in [9.17, 15) is 4.39 Å². The summed E-state index contributed by atoms with van der Waals surface area (Å²) in [6, 6.07) is 16.1. The van der Waals surface area contributed by atoms with Gasteiger partial charge in [-0.1, -0.05) is 29.8 Å². The Morgan fingerprint density at radius 3 is 2.60 bits per heavy atom. The van der Waals surface area contributed by atoms with Gasteiger partial charge >= 0.3 is 0 Å². The summed E-state index contributed by atoms with van der Waals surface area (Å²) in [4.78, 5) is 4.37. The quantitative estimate of drug-likeness (QED) is 0.710. The van der Waals surface area contributed by atoms with Crippen LogP contribution in [0.15, 0.2) is 54.6 Å². The highest BCUT2D eigenvalue weighted by atomic mass is 35.5. The molecule has 1 heterocycles. The topological polar surface area (TPSA) is 24.9 Å². The highest BCUT2D eigenvalue weighted by molar-refractivity contribution is 6.30. The van der Waals surface area contributed by atoms with E-state index in [1.54, 1.807) is 12.1 Å². The lowest BCUT2D eigenvalue weighted by Crippen LogP contribution is -2.01. The van der Waals surface area contributed by atoms with E-state index >= 15 is 0 Å². The van der Waals surface area contributed by atoms with Crippen LogP contribution in [0.25, 0.3) is 10.9 Å². The summed E-state index contributed by atoms with van der Waals surface area (Å²) in [5.74, 6) is -0.249. The predicted molar refractivity (Wildman–Crippen MR) is 80.5 cm³/mol. The van der Waals surface area contributed by atoms with Gasteiger partial charge < -0.3 is 5.32 Å². The Morgan fingerprint density at radius 1 is 1.05 bits per heavy atom. The summed E-state index contributed by atoms with van der Waals surface area (Å²) in [6.07, 6.45) is 0. The minimum Gasteiger partial charge on any atom is -0.381 e. The molecule has 20 heavy (non-hydrogen) atoms. The maximum absolute atomic E-state index is 12.8. The normalized spacial score (nSPS) is 10.7. The van der Waals surface area contributed by atoms with Crippen LogP contribution in [0, 0.1) is 5.82 Å². The molecule has 0 amide bonds. The maximum Gasteiger partial charge on any atom is 0.134 e. The second kappa shape index (κ2) is 5.47. The number of fused-ring (bicyclic) bond motifs is 1. The molecule has 4 heteroatoms. The number of nitrogens with zero attached hydrogens (tertiary/aromatic N) is 1. The largest absolute Gasteiger partial charge is 0.381 e. The molecule has 2 aromatic carbocycles. The number of rotatable bonds is 3. The van der Waals surface area contributed by atoms with Crippen LogP contribution in [0.1, 0.15) is 5.56 Å². The molecule has 0 bridgehead atoms. The summed E-state index contributed by atoms with van der Waals surface area (Å²) < 4.78 is 12.8. The monoisotopic (exact) mass is 286 g/mol. The van der Waals surface area contributed by atoms with Gasteiger partial charge in [-0.25, -0.2) is 9.37 Å². The fraction of sp³-hybridized carbons (Fsp3) is 0.0625. The number of halogens is 2. The lowest BCUT2D eigenvalue weighted by Gasteiger charge is -2.09. The zero-order chi connectivity index (χ0) is 13.9. The Hall–Kier alpha value is -2.13. The molecule has 3 aromatic rings. The Labute approximate surface area is 121 Å². The van der Waals surface area contributed by atoms with Crippen molar-refractivity contribution in [1.29, 1.82) is 0 Å². The number of nitrogens with one attached hydrogen (secondary N) is 1. The van der Waals surface area contributed by atoms with Gasteiger partial charge in [0.25, 0.3) is 0 Å². The summed E-state index contributed by atoms with van der Waals surface area (Å²) in [5.41, 5.74) is 2.63. The number of anilines is 1. The number of aromatic nitrogens is 1. The molecule has 0 radical (unpaired) electrons. The first-order valence-electron chi connectivity index (χ1n) is 6.26. The van der Waals surface area contributed by atoms with Crippen LogP contribution in [0.3, 0.4) is 0 Å². The lowest BCUT2D eigenvalue weighted by atomic mass is 10.1. The van der Waals surface area contributed by atoms with Crippen LogP contribution >= 0.6 is 11.6 Å². The lowest BCUT2D eigenvalue weighted by molar-refractivity contribution is 0.628. The molecule has 0 saturated carbocycles.